The summed E-state index contributed by atoms with van der Waals surface area (Å²) in [5.41, 5.74) is 17.6. The first-order valence-corrected chi connectivity index (χ1v) is 16.4. The lowest BCUT2D eigenvalue weighted by Crippen LogP contribution is -2.18. The molecule has 0 radical (unpaired) electrons. The maximum atomic E-state index is 4.03. The Morgan fingerprint density at radius 3 is 1.80 bits per heavy atom. The minimum absolute atomic E-state index is 0.0281. The molecule has 220 valence electrons. The van der Waals surface area contributed by atoms with Crippen LogP contribution in [0.5, 0.6) is 0 Å². The fourth-order valence-electron chi connectivity index (χ4n) is 7.85. The number of allylic oxidation sites excluding steroid dienone is 1. The molecule has 0 saturated heterocycles. The van der Waals surface area contributed by atoms with Crippen LogP contribution in [0.1, 0.15) is 98.5 Å². The van der Waals surface area contributed by atoms with Crippen LogP contribution in [-0.4, -0.2) is 0 Å². The summed E-state index contributed by atoms with van der Waals surface area (Å²) in [5.74, 6) is 0. The van der Waals surface area contributed by atoms with E-state index in [4.69, 9.17) is 0 Å². The van der Waals surface area contributed by atoms with Crippen molar-refractivity contribution in [1.82, 2.24) is 0 Å². The molecule has 1 nitrogen and oxygen atoms in total. The van der Waals surface area contributed by atoms with Crippen molar-refractivity contribution in [1.29, 1.82) is 0 Å². The fraction of sp³-hybridized carbons (Fsp3) is 0.256. The van der Waals surface area contributed by atoms with Crippen molar-refractivity contribution in [2.24, 2.45) is 0 Å². The van der Waals surface area contributed by atoms with Crippen LogP contribution in [0, 0.1) is 0 Å². The predicted molar refractivity (Wildman–Crippen MR) is 189 cm³/mol. The summed E-state index contributed by atoms with van der Waals surface area (Å²) in [5, 5.41) is 4.03. The molecule has 1 N–H and O–H groups in total. The molecule has 5 aromatic rings. The molecule has 1 atom stereocenters. The molecule has 0 fully saturated rings. The van der Waals surface area contributed by atoms with Crippen LogP contribution in [0.15, 0.2) is 109 Å². The van der Waals surface area contributed by atoms with Gasteiger partial charge in [-0.15, -0.1) is 0 Å². The molecule has 0 heterocycles. The van der Waals surface area contributed by atoms with Crippen molar-refractivity contribution in [3.8, 4) is 22.3 Å². The molecule has 0 aliphatic heterocycles. The maximum Gasteiger partial charge on any atom is 0.0767 e. The predicted octanol–water partition coefficient (Wildman–Crippen LogP) is 11.5. The lowest BCUT2D eigenvalue weighted by molar-refractivity contribution is 0.658. The zero-order chi connectivity index (χ0) is 30.6. The van der Waals surface area contributed by atoms with E-state index in [9.17, 15) is 0 Å². The second kappa shape index (κ2) is 10.7. The monoisotopic (exact) mass is 573 g/mol. The van der Waals surface area contributed by atoms with E-state index in [0.29, 0.717) is 0 Å². The lowest BCUT2D eigenvalue weighted by Gasteiger charge is -2.27. The van der Waals surface area contributed by atoms with Crippen molar-refractivity contribution >= 4 is 11.8 Å². The summed E-state index contributed by atoms with van der Waals surface area (Å²) < 4.78 is 0. The average Bonchev–Trinajstić information content (AvgIpc) is 3.43. The van der Waals surface area contributed by atoms with Gasteiger partial charge in [0.25, 0.3) is 0 Å². The van der Waals surface area contributed by atoms with Gasteiger partial charge >= 0.3 is 0 Å². The van der Waals surface area contributed by atoms with E-state index < -0.39 is 0 Å². The highest BCUT2D eigenvalue weighted by Crippen LogP contribution is 2.51. The number of nitrogens with one attached hydrogen (secondary N) is 1. The van der Waals surface area contributed by atoms with Crippen LogP contribution in [0.25, 0.3) is 28.3 Å². The summed E-state index contributed by atoms with van der Waals surface area (Å²) in [6.45, 7) is 13.5. The first kappa shape index (κ1) is 28.4. The molecular formula is C43H43N. The highest BCUT2D eigenvalue weighted by Gasteiger charge is 2.37. The zero-order valence-electron chi connectivity index (χ0n) is 27.0. The Labute approximate surface area is 263 Å². The molecule has 0 amide bonds. The number of hydrogen-bond acceptors (Lipinski definition) is 1. The van der Waals surface area contributed by atoms with E-state index >= 15 is 0 Å². The van der Waals surface area contributed by atoms with Gasteiger partial charge in [0.15, 0.2) is 0 Å². The van der Waals surface area contributed by atoms with Gasteiger partial charge in [-0.05, 0) is 97.8 Å². The van der Waals surface area contributed by atoms with Crippen molar-refractivity contribution in [2.75, 3.05) is 5.32 Å². The molecule has 3 aliphatic carbocycles. The largest absolute Gasteiger partial charge is 0.374 e. The lowest BCUT2D eigenvalue weighted by atomic mass is 9.81. The van der Waals surface area contributed by atoms with Crippen LogP contribution in [0.4, 0.5) is 5.69 Å². The molecule has 0 spiro atoms. The van der Waals surface area contributed by atoms with Crippen LogP contribution in [-0.2, 0) is 17.3 Å². The normalized spacial score (nSPS) is 16.4. The first-order valence-electron chi connectivity index (χ1n) is 16.4. The van der Waals surface area contributed by atoms with E-state index in [1.165, 1.54) is 66.8 Å². The van der Waals surface area contributed by atoms with Gasteiger partial charge in [-0.3, -0.25) is 0 Å². The number of rotatable bonds is 4. The summed E-state index contributed by atoms with van der Waals surface area (Å²) in [6.07, 6.45) is 6.86. The van der Waals surface area contributed by atoms with E-state index in [1.54, 1.807) is 0 Å². The summed E-state index contributed by atoms with van der Waals surface area (Å²) in [4.78, 5) is 0. The van der Waals surface area contributed by atoms with Crippen molar-refractivity contribution in [3.63, 3.8) is 0 Å². The Kier molecular flexibility index (Phi) is 6.89. The van der Waals surface area contributed by atoms with E-state index in [-0.39, 0.29) is 16.9 Å². The molecule has 1 heteroatoms. The highest BCUT2D eigenvalue weighted by molar-refractivity contribution is 5.83. The van der Waals surface area contributed by atoms with Crippen molar-refractivity contribution < 1.29 is 0 Å². The summed E-state index contributed by atoms with van der Waals surface area (Å²) in [7, 11) is 0. The summed E-state index contributed by atoms with van der Waals surface area (Å²) in [6, 6.07) is 39.1. The zero-order valence-corrected chi connectivity index (χ0v) is 27.0. The Hall–Kier alpha value is -4.36. The quantitative estimate of drug-likeness (QED) is 0.225. The van der Waals surface area contributed by atoms with Gasteiger partial charge in [0.1, 0.15) is 0 Å². The first-order chi connectivity index (χ1) is 21.3. The van der Waals surface area contributed by atoms with Crippen molar-refractivity contribution in [2.45, 2.75) is 71.3 Å². The highest BCUT2D eigenvalue weighted by atomic mass is 14.9. The van der Waals surface area contributed by atoms with Gasteiger partial charge in [0, 0.05) is 16.5 Å². The molecule has 3 aliphatic rings. The third-order valence-corrected chi connectivity index (χ3v) is 10.2. The smallest absolute Gasteiger partial charge is 0.0767 e. The van der Waals surface area contributed by atoms with Crippen LogP contribution in [0.3, 0.4) is 0 Å². The Bertz CT molecular complexity index is 1920. The molecule has 0 aromatic heterocycles. The number of hydrogen-bond donors (Lipinski definition) is 1. The molecule has 1 unspecified atom stereocenters. The van der Waals surface area contributed by atoms with Gasteiger partial charge in [0.05, 0.1) is 6.04 Å². The second-order valence-electron chi connectivity index (χ2n) is 13.4. The summed E-state index contributed by atoms with van der Waals surface area (Å²) >= 11 is 0. The maximum absolute atomic E-state index is 4.03. The van der Waals surface area contributed by atoms with E-state index in [1.807, 2.05) is 13.8 Å². The third kappa shape index (κ3) is 4.36. The van der Waals surface area contributed by atoms with Crippen LogP contribution >= 0.6 is 0 Å². The Balaban J connectivity index is 0.00000153. The van der Waals surface area contributed by atoms with Gasteiger partial charge in [-0.1, -0.05) is 139 Å². The fourth-order valence-corrected chi connectivity index (χ4v) is 7.85. The Morgan fingerprint density at radius 2 is 1.11 bits per heavy atom. The van der Waals surface area contributed by atoms with Crippen molar-refractivity contribution in [3.05, 3.63) is 154 Å². The van der Waals surface area contributed by atoms with Crippen LogP contribution in [0.2, 0.25) is 0 Å². The molecule has 44 heavy (non-hydrogen) atoms. The van der Waals surface area contributed by atoms with Crippen LogP contribution < -0.4 is 5.32 Å². The van der Waals surface area contributed by atoms with Gasteiger partial charge in [-0.25, -0.2) is 0 Å². The number of anilines is 1. The SMILES string of the molecule is CC.CC1(C)c2ccccc2-c2ccc(NC(c3ccc4c(c3)C=CCC4)c3ccc4c(c3)C(C)(C)c3ccccc3-4)cc21. The van der Waals surface area contributed by atoms with E-state index in [2.05, 4.69) is 148 Å². The van der Waals surface area contributed by atoms with Gasteiger partial charge < -0.3 is 5.32 Å². The number of fused-ring (bicyclic) bond motifs is 7. The molecule has 5 aromatic carbocycles. The Morgan fingerprint density at radius 1 is 0.568 bits per heavy atom. The topological polar surface area (TPSA) is 12.0 Å². The minimum atomic E-state index is -0.0333. The molecular weight excluding hydrogens is 530 g/mol. The molecule has 0 saturated carbocycles. The molecule has 0 bridgehead atoms. The number of aryl methyl sites for hydroxylation is 1. The molecule has 8 rings (SSSR count). The van der Waals surface area contributed by atoms with Gasteiger partial charge in [0.2, 0.25) is 0 Å². The van der Waals surface area contributed by atoms with Gasteiger partial charge in [-0.2, -0.15) is 0 Å². The third-order valence-electron chi connectivity index (χ3n) is 10.2. The second-order valence-corrected chi connectivity index (χ2v) is 13.4. The standard InChI is InChI=1S/C41H37N.C2H6/c1-40(2)35-15-9-7-13-31(35)33-21-19-29(24-37(33)40)39(28-18-17-26-11-5-6-12-27(26)23-28)42-30-20-22-34-32-14-8-10-16-36(32)41(3,4)38(34)25-30;1-2/h6-10,12-25,39,42H,5,11H2,1-4H3;1-2H3. The number of benzene rings is 5. The van der Waals surface area contributed by atoms with E-state index in [0.717, 1.165) is 18.5 Å². The average molecular weight is 574 g/mol. The minimum Gasteiger partial charge on any atom is -0.374 e.